The van der Waals surface area contributed by atoms with Crippen molar-refractivity contribution < 1.29 is 21.2 Å². The van der Waals surface area contributed by atoms with Crippen LogP contribution in [-0.4, -0.2) is 29.6 Å². The van der Waals surface area contributed by atoms with E-state index in [-0.39, 0.29) is 11.4 Å². The van der Waals surface area contributed by atoms with Crippen molar-refractivity contribution in [3.05, 3.63) is 59.9 Å². The average molecular weight is 386 g/mol. The Labute approximate surface area is 147 Å². The summed E-state index contributed by atoms with van der Waals surface area (Å²) in [5, 5.41) is 0. The summed E-state index contributed by atoms with van der Waals surface area (Å²) in [7, 11) is -6.96. The number of nitrogens with one attached hydrogen (secondary N) is 2. The normalized spacial score (nSPS) is 12.1. The molecule has 0 saturated heterocycles. The molecule has 0 aromatic heterocycles. The summed E-state index contributed by atoms with van der Waals surface area (Å²) in [5.74, 6) is -0.493. The predicted octanol–water partition coefficient (Wildman–Crippen LogP) is 2.11. The molecular formula is C16H19FN2O4S2. The van der Waals surface area contributed by atoms with Crippen molar-refractivity contribution in [3.63, 3.8) is 0 Å². The minimum Gasteiger partial charge on any atom is -0.284 e. The number of halogens is 1. The van der Waals surface area contributed by atoms with Crippen molar-refractivity contribution in [2.24, 2.45) is 0 Å². The lowest BCUT2D eigenvalue weighted by Crippen LogP contribution is -2.25. The van der Waals surface area contributed by atoms with Gasteiger partial charge in [0.2, 0.25) is 20.0 Å². The maximum Gasteiger partial charge on any atom is 0.240 e. The minimum atomic E-state index is -3.65. The molecule has 0 unspecified atom stereocenters. The van der Waals surface area contributed by atoms with Gasteiger partial charge in [-0.1, -0.05) is 12.1 Å². The maximum absolute atomic E-state index is 12.8. The first-order valence-electron chi connectivity index (χ1n) is 7.48. The molecule has 6 nitrogen and oxygen atoms in total. The Morgan fingerprint density at radius 1 is 0.920 bits per heavy atom. The molecular weight excluding hydrogens is 367 g/mol. The lowest BCUT2D eigenvalue weighted by Gasteiger charge is -2.08. The van der Waals surface area contributed by atoms with Gasteiger partial charge in [0, 0.05) is 12.2 Å². The van der Waals surface area contributed by atoms with Gasteiger partial charge in [-0.3, -0.25) is 4.72 Å². The van der Waals surface area contributed by atoms with Crippen LogP contribution in [0.2, 0.25) is 0 Å². The second kappa shape index (κ2) is 7.94. The number of hydrogen-bond donors (Lipinski definition) is 2. The van der Waals surface area contributed by atoms with E-state index in [1.807, 2.05) is 0 Å². The second-order valence-corrected chi connectivity index (χ2v) is 9.04. The van der Waals surface area contributed by atoms with E-state index in [0.717, 1.165) is 24.0 Å². The van der Waals surface area contributed by atoms with E-state index >= 15 is 0 Å². The molecule has 0 aliphatic rings. The van der Waals surface area contributed by atoms with Crippen LogP contribution < -0.4 is 9.44 Å². The standard InChI is InChI=1S/C16H19FN2O4S2/c1-24(20,21)19-15-8-4-13(5-9-15)3-2-12-18-25(22,23)16-10-6-14(17)7-11-16/h4-11,18-19H,2-3,12H2,1H3. The Bertz CT molecular complexity index is 910. The van der Waals surface area contributed by atoms with Gasteiger partial charge in [-0.15, -0.1) is 0 Å². The zero-order valence-electron chi connectivity index (χ0n) is 13.6. The molecule has 9 heteroatoms. The van der Waals surface area contributed by atoms with Crippen LogP contribution in [0.5, 0.6) is 0 Å². The highest BCUT2D eigenvalue weighted by Gasteiger charge is 2.12. The molecule has 0 heterocycles. The molecule has 0 fully saturated rings. The van der Waals surface area contributed by atoms with Crippen molar-refractivity contribution in [2.75, 3.05) is 17.5 Å². The van der Waals surface area contributed by atoms with Crippen LogP contribution in [0.1, 0.15) is 12.0 Å². The van der Waals surface area contributed by atoms with Crippen LogP contribution in [-0.2, 0) is 26.5 Å². The van der Waals surface area contributed by atoms with E-state index in [1.165, 1.54) is 12.1 Å². The van der Waals surface area contributed by atoms with Gasteiger partial charge in [0.1, 0.15) is 5.82 Å². The first kappa shape index (κ1) is 19.4. The fourth-order valence-corrected chi connectivity index (χ4v) is 3.79. The summed E-state index contributed by atoms with van der Waals surface area (Å²) in [6, 6.07) is 11.5. The van der Waals surface area contributed by atoms with E-state index in [9.17, 15) is 21.2 Å². The molecule has 2 aromatic carbocycles. The molecule has 2 aromatic rings. The molecule has 2 rings (SSSR count). The third-order valence-electron chi connectivity index (χ3n) is 3.32. The third kappa shape index (κ3) is 6.45. The second-order valence-electron chi connectivity index (χ2n) is 5.53. The smallest absolute Gasteiger partial charge is 0.240 e. The Morgan fingerprint density at radius 2 is 1.52 bits per heavy atom. The third-order valence-corrected chi connectivity index (χ3v) is 5.40. The van der Waals surface area contributed by atoms with E-state index in [0.29, 0.717) is 18.5 Å². The number of sulfonamides is 2. The van der Waals surface area contributed by atoms with Gasteiger partial charge >= 0.3 is 0 Å². The summed E-state index contributed by atoms with van der Waals surface area (Å²) in [5.41, 5.74) is 1.43. The summed E-state index contributed by atoms with van der Waals surface area (Å²) >= 11 is 0. The van der Waals surface area contributed by atoms with Gasteiger partial charge in [-0.2, -0.15) is 0 Å². The highest BCUT2D eigenvalue weighted by molar-refractivity contribution is 7.92. The summed E-state index contributed by atoms with van der Waals surface area (Å²) < 4.78 is 64.0. The highest BCUT2D eigenvalue weighted by atomic mass is 32.2. The number of hydrogen-bond acceptors (Lipinski definition) is 4. The molecule has 2 N–H and O–H groups in total. The summed E-state index contributed by atoms with van der Waals surface area (Å²) in [6.45, 7) is 0.239. The minimum absolute atomic E-state index is 0.0186. The molecule has 0 spiro atoms. The number of aryl methyl sites for hydroxylation is 1. The van der Waals surface area contributed by atoms with E-state index in [4.69, 9.17) is 0 Å². The van der Waals surface area contributed by atoms with Crippen LogP contribution in [0.15, 0.2) is 53.4 Å². The van der Waals surface area contributed by atoms with E-state index in [2.05, 4.69) is 9.44 Å². The molecule has 0 bridgehead atoms. The van der Waals surface area contributed by atoms with Crippen molar-refractivity contribution >= 4 is 25.7 Å². The fraction of sp³-hybridized carbons (Fsp3) is 0.250. The topological polar surface area (TPSA) is 92.3 Å². The molecule has 0 saturated carbocycles. The Balaban J connectivity index is 1.83. The van der Waals surface area contributed by atoms with Crippen LogP contribution in [0.4, 0.5) is 10.1 Å². The highest BCUT2D eigenvalue weighted by Crippen LogP contribution is 2.13. The largest absolute Gasteiger partial charge is 0.284 e. The van der Waals surface area contributed by atoms with Gasteiger partial charge in [-0.05, 0) is 54.8 Å². The Morgan fingerprint density at radius 3 is 2.08 bits per heavy atom. The van der Waals surface area contributed by atoms with Crippen molar-refractivity contribution in [1.29, 1.82) is 0 Å². The quantitative estimate of drug-likeness (QED) is 0.680. The summed E-state index contributed by atoms with van der Waals surface area (Å²) in [4.78, 5) is 0.0186. The predicted molar refractivity (Wildman–Crippen MR) is 94.8 cm³/mol. The monoisotopic (exact) mass is 386 g/mol. The lowest BCUT2D eigenvalue weighted by molar-refractivity contribution is 0.578. The molecule has 0 amide bonds. The van der Waals surface area contributed by atoms with Crippen LogP contribution in [0, 0.1) is 5.82 Å². The van der Waals surface area contributed by atoms with Crippen molar-refractivity contribution in [3.8, 4) is 0 Å². The van der Waals surface area contributed by atoms with E-state index in [1.54, 1.807) is 24.3 Å². The Hall–Kier alpha value is -1.97. The number of rotatable bonds is 8. The first-order chi connectivity index (χ1) is 11.7. The van der Waals surface area contributed by atoms with Gasteiger partial charge in [0.15, 0.2) is 0 Å². The van der Waals surface area contributed by atoms with Crippen molar-refractivity contribution in [2.45, 2.75) is 17.7 Å². The maximum atomic E-state index is 12.8. The zero-order chi connectivity index (χ0) is 18.5. The lowest BCUT2D eigenvalue weighted by atomic mass is 10.1. The van der Waals surface area contributed by atoms with Gasteiger partial charge in [0.25, 0.3) is 0 Å². The molecule has 0 atom stereocenters. The zero-order valence-corrected chi connectivity index (χ0v) is 15.2. The average Bonchev–Trinajstić information content (AvgIpc) is 2.52. The summed E-state index contributed by atoms with van der Waals surface area (Å²) in [6.07, 6.45) is 2.28. The molecule has 25 heavy (non-hydrogen) atoms. The van der Waals surface area contributed by atoms with Crippen LogP contribution >= 0.6 is 0 Å². The number of benzene rings is 2. The molecule has 0 aliphatic heterocycles. The van der Waals surface area contributed by atoms with Crippen LogP contribution in [0.25, 0.3) is 0 Å². The van der Waals surface area contributed by atoms with Gasteiger partial charge in [0.05, 0.1) is 11.2 Å². The molecule has 0 radical (unpaired) electrons. The first-order valence-corrected chi connectivity index (χ1v) is 10.9. The SMILES string of the molecule is CS(=O)(=O)Nc1ccc(CCCNS(=O)(=O)c2ccc(F)cc2)cc1. The Kier molecular flexibility index (Phi) is 6.15. The van der Waals surface area contributed by atoms with E-state index < -0.39 is 25.9 Å². The van der Waals surface area contributed by atoms with Gasteiger partial charge < -0.3 is 0 Å². The van der Waals surface area contributed by atoms with Crippen LogP contribution in [0.3, 0.4) is 0 Å². The van der Waals surface area contributed by atoms with Gasteiger partial charge in [-0.25, -0.2) is 25.9 Å². The molecule has 136 valence electrons. The van der Waals surface area contributed by atoms with Crippen molar-refractivity contribution in [1.82, 2.24) is 4.72 Å². The number of anilines is 1. The fourth-order valence-electron chi connectivity index (χ4n) is 2.15. The molecule has 0 aliphatic carbocycles.